The second kappa shape index (κ2) is 7.76. The molecule has 0 saturated heterocycles. The van der Waals surface area contributed by atoms with Gasteiger partial charge in [0.15, 0.2) is 0 Å². The van der Waals surface area contributed by atoms with Gasteiger partial charge in [0.25, 0.3) is 5.91 Å². The van der Waals surface area contributed by atoms with Crippen molar-refractivity contribution in [3.63, 3.8) is 0 Å². The van der Waals surface area contributed by atoms with Gasteiger partial charge >= 0.3 is 0 Å². The Hall–Kier alpha value is -2.57. The molecule has 0 aliphatic heterocycles. The number of nitrogens with two attached hydrogens (primary N) is 1. The van der Waals surface area contributed by atoms with Gasteiger partial charge in [-0.2, -0.15) is 0 Å². The molecule has 1 amide bonds. The van der Waals surface area contributed by atoms with Crippen LogP contribution in [0.25, 0.3) is 10.1 Å². The second-order valence-corrected chi connectivity index (χ2v) is 7.34. The van der Waals surface area contributed by atoms with E-state index in [4.69, 9.17) is 22.7 Å². The van der Waals surface area contributed by atoms with Crippen LogP contribution < -0.4 is 11.1 Å². The molecule has 5 nitrogen and oxygen atoms in total. The molecule has 0 aliphatic rings. The zero-order valence-corrected chi connectivity index (χ0v) is 15.5. The van der Waals surface area contributed by atoms with Crippen molar-refractivity contribution in [3.05, 3.63) is 63.5 Å². The van der Waals surface area contributed by atoms with Crippen LogP contribution in [-0.2, 0) is 6.42 Å². The van der Waals surface area contributed by atoms with E-state index in [1.807, 2.05) is 24.3 Å². The molecule has 0 saturated carbocycles. The third-order valence-electron chi connectivity index (χ3n) is 4.02. The third kappa shape index (κ3) is 3.98. The van der Waals surface area contributed by atoms with Gasteiger partial charge in [0.05, 0.1) is 14.6 Å². The molecule has 0 fully saturated rings. The Kier molecular flexibility index (Phi) is 5.44. The number of hydrogen-bond acceptors (Lipinski definition) is 4. The molecule has 1 heterocycles. The lowest BCUT2D eigenvalue weighted by atomic mass is 10.0. The fourth-order valence-corrected chi connectivity index (χ4v) is 3.94. The van der Waals surface area contributed by atoms with E-state index in [-0.39, 0.29) is 17.5 Å². The summed E-state index contributed by atoms with van der Waals surface area (Å²) < 4.78 is 0.908. The fourth-order valence-electron chi connectivity index (χ4n) is 2.66. The maximum Gasteiger partial charge on any atom is 0.261 e. The summed E-state index contributed by atoms with van der Waals surface area (Å²) in [6.45, 7) is 0.477. The minimum atomic E-state index is -0.135. The number of thiophene rings is 1. The molecule has 0 spiro atoms. The molecule has 134 valence electrons. The number of amides is 1. The van der Waals surface area contributed by atoms with Crippen molar-refractivity contribution in [3.8, 4) is 5.75 Å². The van der Waals surface area contributed by atoms with Gasteiger partial charge in [0, 0.05) is 12.1 Å². The van der Waals surface area contributed by atoms with Crippen LogP contribution in [0.1, 0.15) is 27.2 Å². The summed E-state index contributed by atoms with van der Waals surface area (Å²) in [4.78, 5) is 12.9. The van der Waals surface area contributed by atoms with E-state index in [9.17, 15) is 9.90 Å². The standard InChI is InChI=1S/C19H18ClN3O2S/c20-14-5-1-3-12-10-16(26-17(12)14)19(25)23-8-2-4-11-9-13(18(21)22)6-7-15(11)24/h1,3,5-7,9-10,24H,2,4,8H2,(H3,21,22)(H,23,25). The number of fused-ring (bicyclic) bond motifs is 1. The molecule has 1 aromatic heterocycles. The van der Waals surface area contributed by atoms with E-state index >= 15 is 0 Å². The van der Waals surface area contributed by atoms with Crippen molar-refractivity contribution in [1.82, 2.24) is 5.32 Å². The minimum Gasteiger partial charge on any atom is -0.508 e. The number of hydrogen-bond donors (Lipinski definition) is 4. The van der Waals surface area contributed by atoms with Crippen LogP contribution >= 0.6 is 22.9 Å². The summed E-state index contributed by atoms with van der Waals surface area (Å²) in [7, 11) is 0. The van der Waals surface area contributed by atoms with Gasteiger partial charge in [-0.3, -0.25) is 10.2 Å². The Morgan fingerprint density at radius 2 is 2.08 bits per heavy atom. The summed E-state index contributed by atoms with van der Waals surface area (Å²) >= 11 is 7.52. The number of carbonyl (C=O) groups excluding carboxylic acids is 1. The first-order chi connectivity index (χ1) is 12.5. The topological polar surface area (TPSA) is 99.2 Å². The highest BCUT2D eigenvalue weighted by Crippen LogP contribution is 2.31. The van der Waals surface area contributed by atoms with Crippen molar-refractivity contribution < 1.29 is 9.90 Å². The van der Waals surface area contributed by atoms with Crippen molar-refractivity contribution in [2.75, 3.05) is 6.54 Å². The summed E-state index contributed by atoms with van der Waals surface area (Å²) in [5, 5.41) is 21.8. The van der Waals surface area contributed by atoms with Crippen LogP contribution in [0.2, 0.25) is 5.02 Å². The van der Waals surface area contributed by atoms with Crippen LogP contribution in [0, 0.1) is 5.41 Å². The second-order valence-electron chi connectivity index (χ2n) is 5.89. The molecule has 3 rings (SSSR count). The largest absolute Gasteiger partial charge is 0.508 e. The molecular formula is C19H18ClN3O2S. The molecule has 26 heavy (non-hydrogen) atoms. The van der Waals surface area contributed by atoms with E-state index in [1.165, 1.54) is 17.4 Å². The monoisotopic (exact) mass is 387 g/mol. The third-order valence-corrected chi connectivity index (χ3v) is 5.63. The average Bonchev–Trinajstić information content (AvgIpc) is 3.05. The van der Waals surface area contributed by atoms with Crippen LogP contribution in [-0.4, -0.2) is 23.4 Å². The molecule has 0 atom stereocenters. The number of aryl methyl sites for hydroxylation is 1. The van der Waals surface area contributed by atoms with Gasteiger partial charge in [-0.25, -0.2) is 0 Å². The lowest BCUT2D eigenvalue weighted by Gasteiger charge is -2.08. The Balaban J connectivity index is 1.58. The van der Waals surface area contributed by atoms with Crippen molar-refractivity contribution in [2.24, 2.45) is 5.73 Å². The molecule has 3 aromatic rings. The summed E-state index contributed by atoms with van der Waals surface area (Å²) in [5.41, 5.74) is 6.75. The highest BCUT2D eigenvalue weighted by atomic mass is 35.5. The Morgan fingerprint density at radius 3 is 2.81 bits per heavy atom. The summed E-state index contributed by atoms with van der Waals surface area (Å²) in [5.74, 6) is -0.00701. The maximum absolute atomic E-state index is 12.3. The SMILES string of the molecule is N=C(N)c1ccc(O)c(CCCNC(=O)c2cc3cccc(Cl)c3s2)c1. The number of phenols is 1. The first-order valence-electron chi connectivity index (χ1n) is 8.08. The van der Waals surface area contributed by atoms with Gasteiger partial charge < -0.3 is 16.2 Å². The van der Waals surface area contributed by atoms with Crippen LogP contribution in [0.3, 0.4) is 0 Å². The van der Waals surface area contributed by atoms with Crippen molar-refractivity contribution in [2.45, 2.75) is 12.8 Å². The Labute approximate surface area is 159 Å². The van der Waals surface area contributed by atoms with E-state index in [0.717, 1.165) is 10.1 Å². The highest BCUT2D eigenvalue weighted by Gasteiger charge is 2.12. The Bertz CT molecular complexity index is 984. The zero-order chi connectivity index (χ0) is 18.7. The van der Waals surface area contributed by atoms with Gasteiger partial charge in [0.2, 0.25) is 0 Å². The highest BCUT2D eigenvalue weighted by molar-refractivity contribution is 7.21. The molecule has 0 aliphatic carbocycles. The number of benzene rings is 2. The molecule has 5 N–H and O–H groups in total. The van der Waals surface area contributed by atoms with Crippen LogP contribution in [0.15, 0.2) is 42.5 Å². The number of rotatable bonds is 6. The molecule has 0 radical (unpaired) electrons. The molecular weight excluding hydrogens is 370 g/mol. The van der Waals surface area contributed by atoms with E-state index in [0.29, 0.717) is 40.4 Å². The summed E-state index contributed by atoms with van der Waals surface area (Å²) in [6, 6.07) is 12.3. The molecule has 0 unspecified atom stereocenters. The first-order valence-corrected chi connectivity index (χ1v) is 9.27. The zero-order valence-electron chi connectivity index (χ0n) is 13.9. The molecule has 0 bridgehead atoms. The predicted octanol–water partition coefficient (Wildman–Crippen LogP) is 3.91. The number of amidine groups is 1. The van der Waals surface area contributed by atoms with Gasteiger partial charge in [-0.15, -0.1) is 11.3 Å². The summed E-state index contributed by atoms with van der Waals surface area (Å²) in [6.07, 6.45) is 1.23. The smallest absolute Gasteiger partial charge is 0.261 e. The number of carbonyl (C=O) groups is 1. The minimum absolute atomic E-state index is 0.0389. The fraction of sp³-hybridized carbons (Fsp3) is 0.158. The van der Waals surface area contributed by atoms with E-state index in [1.54, 1.807) is 12.1 Å². The first kappa shape index (κ1) is 18.2. The number of nitrogen functional groups attached to an aromatic ring is 1. The van der Waals surface area contributed by atoms with E-state index < -0.39 is 0 Å². The molecule has 7 heteroatoms. The van der Waals surface area contributed by atoms with Crippen LogP contribution in [0.5, 0.6) is 5.75 Å². The molecule has 2 aromatic carbocycles. The van der Waals surface area contributed by atoms with Crippen LogP contribution in [0.4, 0.5) is 0 Å². The normalized spacial score (nSPS) is 10.8. The van der Waals surface area contributed by atoms with Gasteiger partial charge in [-0.1, -0.05) is 23.7 Å². The predicted molar refractivity (Wildman–Crippen MR) is 107 cm³/mol. The number of halogens is 1. The van der Waals surface area contributed by atoms with Crippen molar-refractivity contribution >= 4 is 44.8 Å². The Morgan fingerprint density at radius 1 is 1.27 bits per heavy atom. The lowest BCUT2D eigenvalue weighted by Crippen LogP contribution is -2.23. The number of phenolic OH excluding ortho intramolecular Hbond substituents is 1. The maximum atomic E-state index is 12.3. The average molecular weight is 388 g/mol. The van der Waals surface area contributed by atoms with E-state index in [2.05, 4.69) is 5.32 Å². The van der Waals surface area contributed by atoms with Crippen molar-refractivity contribution in [1.29, 1.82) is 5.41 Å². The lowest BCUT2D eigenvalue weighted by molar-refractivity contribution is 0.0957. The number of aromatic hydroxyl groups is 1. The number of nitrogens with one attached hydrogen (secondary N) is 2. The quantitative estimate of drug-likeness (QED) is 0.293. The van der Waals surface area contributed by atoms with Gasteiger partial charge in [-0.05, 0) is 54.1 Å². The van der Waals surface area contributed by atoms with Gasteiger partial charge in [0.1, 0.15) is 11.6 Å².